The summed E-state index contributed by atoms with van der Waals surface area (Å²) in [6.45, 7) is 3.09. The second-order valence-corrected chi connectivity index (χ2v) is 3.13. The van der Waals surface area contributed by atoms with Crippen LogP contribution in [-0.2, 0) is 4.79 Å². The standard InChI is InChI=1S/C10H12N2O2/c1-6(10(11)14)8-4-3-5-9(12-8)7(2)13/h3-6H,1-2H3,(H2,11,14). The Kier molecular flexibility index (Phi) is 2.96. The van der Waals surface area contributed by atoms with E-state index in [0.717, 1.165) is 0 Å². The molecule has 1 rings (SSSR count). The molecule has 0 aliphatic rings. The molecule has 74 valence electrons. The van der Waals surface area contributed by atoms with E-state index in [2.05, 4.69) is 4.98 Å². The summed E-state index contributed by atoms with van der Waals surface area (Å²) in [6, 6.07) is 4.99. The predicted molar refractivity (Wildman–Crippen MR) is 51.9 cm³/mol. The van der Waals surface area contributed by atoms with Gasteiger partial charge in [0.1, 0.15) is 5.69 Å². The van der Waals surface area contributed by atoms with Gasteiger partial charge in [0, 0.05) is 6.92 Å². The molecule has 0 aliphatic heterocycles. The topological polar surface area (TPSA) is 73.1 Å². The van der Waals surface area contributed by atoms with E-state index in [1.807, 2.05) is 0 Å². The Morgan fingerprint density at radius 1 is 1.43 bits per heavy atom. The van der Waals surface area contributed by atoms with E-state index in [0.29, 0.717) is 11.4 Å². The highest BCUT2D eigenvalue weighted by Crippen LogP contribution is 2.12. The van der Waals surface area contributed by atoms with Crippen molar-refractivity contribution in [3.05, 3.63) is 29.6 Å². The number of hydrogen-bond acceptors (Lipinski definition) is 3. The largest absolute Gasteiger partial charge is 0.369 e. The van der Waals surface area contributed by atoms with E-state index in [1.54, 1.807) is 25.1 Å². The number of nitrogens with two attached hydrogens (primary N) is 1. The smallest absolute Gasteiger partial charge is 0.226 e. The monoisotopic (exact) mass is 192 g/mol. The number of amides is 1. The summed E-state index contributed by atoms with van der Waals surface area (Å²) in [5, 5.41) is 0. The van der Waals surface area contributed by atoms with Gasteiger partial charge in [0.05, 0.1) is 11.6 Å². The summed E-state index contributed by atoms with van der Waals surface area (Å²) in [5.74, 6) is -1.03. The lowest BCUT2D eigenvalue weighted by molar-refractivity contribution is -0.119. The molecule has 4 nitrogen and oxygen atoms in total. The van der Waals surface area contributed by atoms with Gasteiger partial charge in [-0.3, -0.25) is 9.59 Å². The number of pyridine rings is 1. The van der Waals surface area contributed by atoms with Gasteiger partial charge in [-0.25, -0.2) is 4.98 Å². The van der Waals surface area contributed by atoms with Crippen molar-refractivity contribution in [1.29, 1.82) is 0 Å². The van der Waals surface area contributed by atoms with Gasteiger partial charge in [0.2, 0.25) is 5.91 Å². The van der Waals surface area contributed by atoms with Crippen LogP contribution in [0.2, 0.25) is 0 Å². The van der Waals surface area contributed by atoms with Gasteiger partial charge >= 0.3 is 0 Å². The second kappa shape index (κ2) is 4.00. The molecule has 0 saturated heterocycles. The van der Waals surface area contributed by atoms with E-state index >= 15 is 0 Å². The Morgan fingerprint density at radius 3 is 2.57 bits per heavy atom. The minimum atomic E-state index is -0.464. The van der Waals surface area contributed by atoms with Gasteiger partial charge in [-0.15, -0.1) is 0 Å². The Balaban J connectivity index is 3.05. The fourth-order valence-corrected chi connectivity index (χ4v) is 1.03. The van der Waals surface area contributed by atoms with Crippen molar-refractivity contribution in [1.82, 2.24) is 4.98 Å². The average Bonchev–Trinajstić information content (AvgIpc) is 2.16. The lowest BCUT2D eigenvalue weighted by Crippen LogP contribution is -2.20. The van der Waals surface area contributed by atoms with Gasteiger partial charge < -0.3 is 5.73 Å². The third kappa shape index (κ3) is 2.16. The van der Waals surface area contributed by atoms with Crippen LogP contribution in [0, 0.1) is 0 Å². The first kappa shape index (κ1) is 10.4. The molecule has 1 unspecified atom stereocenters. The number of ketones is 1. The maximum Gasteiger partial charge on any atom is 0.226 e. The van der Waals surface area contributed by atoms with Gasteiger partial charge in [0.15, 0.2) is 5.78 Å². The number of rotatable bonds is 3. The first-order chi connectivity index (χ1) is 6.52. The van der Waals surface area contributed by atoms with Crippen LogP contribution >= 0.6 is 0 Å². The molecule has 1 aromatic rings. The third-order valence-electron chi connectivity index (χ3n) is 2.00. The van der Waals surface area contributed by atoms with Crippen LogP contribution in [0.4, 0.5) is 0 Å². The molecule has 0 spiro atoms. The molecular formula is C10H12N2O2. The highest BCUT2D eigenvalue weighted by Gasteiger charge is 2.13. The summed E-state index contributed by atoms with van der Waals surface area (Å²) < 4.78 is 0. The van der Waals surface area contributed by atoms with Crippen LogP contribution in [0.1, 0.15) is 35.9 Å². The number of hydrogen-bond donors (Lipinski definition) is 1. The minimum absolute atomic E-state index is 0.122. The first-order valence-corrected chi connectivity index (χ1v) is 4.29. The van der Waals surface area contributed by atoms with Crippen molar-refractivity contribution >= 4 is 11.7 Å². The molecule has 14 heavy (non-hydrogen) atoms. The Morgan fingerprint density at radius 2 is 2.07 bits per heavy atom. The number of carbonyl (C=O) groups is 2. The second-order valence-electron chi connectivity index (χ2n) is 3.13. The molecule has 0 aromatic carbocycles. The van der Waals surface area contributed by atoms with Crippen LogP contribution in [0.5, 0.6) is 0 Å². The Labute approximate surface area is 82.1 Å². The van der Waals surface area contributed by atoms with E-state index < -0.39 is 11.8 Å². The molecule has 0 bridgehead atoms. The van der Waals surface area contributed by atoms with E-state index in [9.17, 15) is 9.59 Å². The average molecular weight is 192 g/mol. The van der Waals surface area contributed by atoms with Crippen molar-refractivity contribution in [2.75, 3.05) is 0 Å². The highest BCUT2D eigenvalue weighted by atomic mass is 16.1. The zero-order chi connectivity index (χ0) is 10.7. The number of Topliss-reactive ketones (excluding diaryl/α,β-unsaturated/α-hetero) is 1. The lowest BCUT2D eigenvalue weighted by atomic mass is 10.1. The van der Waals surface area contributed by atoms with Crippen LogP contribution in [0.3, 0.4) is 0 Å². The summed E-state index contributed by atoms with van der Waals surface area (Å²) in [6.07, 6.45) is 0. The maximum absolute atomic E-state index is 11.0. The van der Waals surface area contributed by atoms with Crippen LogP contribution < -0.4 is 5.73 Å². The zero-order valence-corrected chi connectivity index (χ0v) is 8.15. The molecule has 1 aromatic heterocycles. The Hall–Kier alpha value is -1.71. The SMILES string of the molecule is CC(=O)c1cccc(C(C)C(N)=O)n1. The van der Waals surface area contributed by atoms with Crippen LogP contribution in [-0.4, -0.2) is 16.7 Å². The molecular weight excluding hydrogens is 180 g/mol. The molecule has 0 aliphatic carbocycles. The van der Waals surface area contributed by atoms with Crippen LogP contribution in [0.25, 0.3) is 0 Å². The summed E-state index contributed by atoms with van der Waals surface area (Å²) in [4.78, 5) is 25.9. The van der Waals surface area contributed by atoms with Crippen molar-refractivity contribution in [2.45, 2.75) is 19.8 Å². The fourth-order valence-electron chi connectivity index (χ4n) is 1.03. The fraction of sp³-hybridized carbons (Fsp3) is 0.300. The number of primary amides is 1. The van der Waals surface area contributed by atoms with E-state index in [4.69, 9.17) is 5.73 Å². The third-order valence-corrected chi connectivity index (χ3v) is 2.00. The minimum Gasteiger partial charge on any atom is -0.369 e. The lowest BCUT2D eigenvalue weighted by Gasteiger charge is -2.06. The number of carbonyl (C=O) groups excluding carboxylic acids is 2. The highest BCUT2D eigenvalue weighted by molar-refractivity contribution is 5.92. The molecule has 2 N–H and O–H groups in total. The molecule has 0 fully saturated rings. The van der Waals surface area contributed by atoms with Crippen molar-refractivity contribution < 1.29 is 9.59 Å². The molecule has 0 radical (unpaired) electrons. The zero-order valence-electron chi connectivity index (χ0n) is 8.15. The van der Waals surface area contributed by atoms with Gasteiger partial charge in [-0.2, -0.15) is 0 Å². The number of nitrogens with zero attached hydrogens (tertiary/aromatic N) is 1. The normalized spacial score (nSPS) is 12.1. The quantitative estimate of drug-likeness (QED) is 0.722. The van der Waals surface area contributed by atoms with Gasteiger partial charge in [-0.05, 0) is 19.1 Å². The molecule has 4 heteroatoms. The van der Waals surface area contributed by atoms with Crippen molar-refractivity contribution in [3.63, 3.8) is 0 Å². The summed E-state index contributed by atoms with van der Waals surface area (Å²) >= 11 is 0. The van der Waals surface area contributed by atoms with E-state index in [-0.39, 0.29) is 5.78 Å². The van der Waals surface area contributed by atoms with E-state index in [1.165, 1.54) is 6.92 Å². The molecule has 1 amide bonds. The van der Waals surface area contributed by atoms with Gasteiger partial charge in [-0.1, -0.05) is 6.07 Å². The molecule has 1 heterocycles. The Bertz CT molecular complexity index is 374. The van der Waals surface area contributed by atoms with Crippen LogP contribution in [0.15, 0.2) is 18.2 Å². The molecule has 1 atom stereocenters. The van der Waals surface area contributed by atoms with Crippen molar-refractivity contribution in [2.24, 2.45) is 5.73 Å². The molecule has 0 saturated carbocycles. The first-order valence-electron chi connectivity index (χ1n) is 4.29. The number of aromatic nitrogens is 1. The predicted octanol–water partition coefficient (Wildman–Crippen LogP) is 0.873. The summed E-state index contributed by atoms with van der Waals surface area (Å²) in [7, 11) is 0. The van der Waals surface area contributed by atoms with Gasteiger partial charge in [0.25, 0.3) is 0 Å². The van der Waals surface area contributed by atoms with Crippen molar-refractivity contribution in [3.8, 4) is 0 Å². The summed E-state index contributed by atoms with van der Waals surface area (Å²) in [5.41, 5.74) is 6.02. The maximum atomic E-state index is 11.0.